The molecule has 0 fully saturated rings. The summed E-state index contributed by atoms with van der Waals surface area (Å²) in [6, 6.07) is 14.7. The number of carboxylic acid groups (broad SMARTS) is 1. The van der Waals surface area contributed by atoms with Gasteiger partial charge < -0.3 is 19.1 Å². The van der Waals surface area contributed by atoms with Crippen LogP contribution in [-0.4, -0.2) is 27.3 Å². The molecule has 0 saturated carbocycles. The van der Waals surface area contributed by atoms with Gasteiger partial charge in [0.1, 0.15) is 17.2 Å². The van der Waals surface area contributed by atoms with Crippen molar-refractivity contribution >= 4 is 28.5 Å². The largest absolute Gasteiger partial charge is 0.479 e. The predicted octanol–water partition coefficient (Wildman–Crippen LogP) is 6.45. The first kappa shape index (κ1) is 22.6. The zero-order valence-electron chi connectivity index (χ0n) is 18.5. The smallest absolute Gasteiger partial charge is 0.344 e. The summed E-state index contributed by atoms with van der Waals surface area (Å²) in [6.07, 6.45) is 0.529. The Morgan fingerprint density at radius 3 is 2.64 bits per heavy atom. The van der Waals surface area contributed by atoms with E-state index in [2.05, 4.69) is 12.1 Å². The van der Waals surface area contributed by atoms with Gasteiger partial charge in [-0.2, -0.15) is 0 Å². The highest BCUT2D eigenvalue weighted by Gasteiger charge is 2.20. The molecule has 0 unspecified atom stereocenters. The lowest BCUT2D eigenvalue weighted by atomic mass is 10.0. The van der Waals surface area contributed by atoms with E-state index in [1.807, 2.05) is 37.3 Å². The maximum Gasteiger partial charge on any atom is 0.344 e. The summed E-state index contributed by atoms with van der Waals surface area (Å²) in [5.74, 6) is 0.350. The zero-order chi connectivity index (χ0) is 23.5. The molecular formula is C25H23ClN2O5. The van der Waals surface area contributed by atoms with Crippen LogP contribution in [0.4, 0.5) is 0 Å². The Kier molecular flexibility index (Phi) is 6.51. The van der Waals surface area contributed by atoms with Crippen molar-refractivity contribution in [2.45, 2.75) is 39.7 Å². The van der Waals surface area contributed by atoms with E-state index < -0.39 is 12.1 Å². The second kappa shape index (κ2) is 9.50. The van der Waals surface area contributed by atoms with Crippen molar-refractivity contribution in [2.75, 3.05) is 0 Å². The molecule has 0 amide bonds. The number of aryl methyl sites for hydroxylation is 2. The third-order valence-electron chi connectivity index (χ3n) is 5.11. The average molecular weight is 467 g/mol. The number of benzene rings is 2. The van der Waals surface area contributed by atoms with Crippen molar-refractivity contribution in [3.05, 3.63) is 64.8 Å². The summed E-state index contributed by atoms with van der Waals surface area (Å²) >= 11 is 6.26. The topological polar surface area (TPSA) is 94.7 Å². The summed E-state index contributed by atoms with van der Waals surface area (Å²) in [4.78, 5) is 15.9. The van der Waals surface area contributed by atoms with E-state index >= 15 is 0 Å². The quantitative estimate of drug-likeness (QED) is 0.319. The molecule has 0 saturated heterocycles. The maximum absolute atomic E-state index is 11.2. The predicted molar refractivity (Wildman–Crippen MR) is 125 cm³/mol. The van der Waals surface area contributed by atoms with Crippen LogP contribution in [0.1, 0.15) is 31.5 Å². The molecule has 0 aliphatic carbocycles. The van der Waals surface area contributed by atoms with Crippen LogP contribution in [0.2, 0.25) is 5.02 Å². The molecule has 0 aliphatic heterocycles. The Bertz CT molecular complexity index is 1300. The molecule has 33 heavy (non-hydrogen) atoms. The van der Waals surface area contributed by atoms with Gasteiger partial charge in [0.05, 0.1) is 16.1 Å². The van der Waals surface area contributed by atoms with Gasteiger partial charge in [-0.1, -0.05) is 47.8 Å². The van der Waals surface area contributed by atoms with Crippen molar-refractivity contribution in [3.8, 4) is 28.6 Å². The molecule has 2 aromatic heterocycles. The summed E-state index contributed by atoms with van der Waals surface area (Å²) in [5, 5.41) is 14.3. The number of hydrogen-bond acceptors (Lipinski definition) is 6. The van der Waals surface area contributed by atoms with Gasteiger partial charge in [-0.3, -0.25) is 0 Å². The van der Waals surface area contributed by atoms with E-state index in [-0.39, 0.29) is 10.8 Å². The first-order valence-electron chi connectivity index (χ1n) is 10.6. The number of rotatable bonds is 8. The SMILES string of the molecule is CCCc1nc(Oc2ccc(C)cc2)ccc1-c1noc2cc(Cl)c(O[C@@H](C)C(=O)O)cc12. The molecule has 2 aromatic carbocycles. The van der Waals surface area contributed by atoms with Crippen LogP contribution in [0.5, 0.6) is 17.4 Å². The highest BCUT2D eigenvalue weighted by atomic mass is 35.5. The molecule has 0 aliphatic rings. The Hall–Kier alpha value is -3.58. The summed E-state index contributed by atoms with van der Waals surface area (Å²) in [7, 11) is 0. The van der Waals surface area contributed by atoms with Gasteiger partial charge in [0.2, 0.25) is 5.88 Å². The van der Waals surface area contributed by atoms with Crippen LogP contribution in [0.15, 0.2) is 53.1 Å². The van der Waals surface area contributed by atoms with E-state index in [1.165, 1.54) is 6.92 Å². The number of nitrogens with zero attached hydrogens (tertiary/aromatic N) is 2. The number of carboxylic acids is 1. The van der Waals surface area contributed by atoms with Gasteiger partial charge in [0, 0.05) is 17.7 Å². The first-order valence-corrected chi connectivity index (χ1v) is 11.0. The minimum Gasteiger partial charge on any atom is -0.479 e. The zero-order valence-corrected chi connectivity index (χ0v) is 19.2. The number of ether oxygens (including phenoxy) is 2. The van der Waals surface area contributed by atoms with Crippen LogP contribution >= 0.6 is 11.6 Å². The number of aliphatic carboxylic acids is 1. The van der Waals surface area contributed by atoms with E-state index in [0.717, 1.165) is 23.2 Å². The Morgan fingerprint density at radius 2 is 1.94 bits per heavy atom. The van der Waals surface area contributed by atoms with Crippen LogP contribution in [0.25, 0.3) is 22.2 Å². The van der Waals surface area contributed by atoms with Crippen molar-refractivity contribution in [3.63, 3.8) is 0 Å². The summed E-state index contributed by atoms with van der Waals surface area (Å²) in [6.45, 7) is 5.52. The van der Waals surface area contributed by atoms with Gasteiger partial charge in [-0.05, 0) is 44.5 Å². The molecule has 0 bridgehead atoms. The lowest BCUT2D eigenvalue weighted by Crippen LogP contribution is -2.22. The van der Waals surface area contributed by atoms with Crippen LogP contribution in [-0.2, 0) is 11.2 Å². The number of carbonyl (C=O) groups is 1. The lowest BCUT2D eigenvalue weighted by Gasteiger charge is -2.12. The fourth-order valence-corrected chi connectivity index (χ4v) is 3.57. The van der Waals surface area contributed by atoms with E-state index in [1.54, 1.807) is 18.2 Å². The second-order valence-electron chi connectivity index (χ2n) is 7.72. The molecule has 0 radical (unpaired) electrons. The van der Waals surface area contributed by atoms with E-state index in [9.17, 15) is 4.79 Å². The van der Waals surface area contributed by atoms with Crippen LogP contribution in [0.3, 0.4) is 0 Å². The molecule has 4 aromatic rings. The van der Waals surface area contributed by atoms with Gasteiger partial charge in [0.15, 0.2) is 11.7 Å². The van der Waals surface area contributed by atoms with Gasteiger partial charge in [-0.25, -0.2) is 9.78 Å². The Labute approximate surface area is 195 Å². The van der Waals surface area contributed by atoms with Crippen molar-refractivity contribution in [1.82, 2.24) is 10.1 Å². The Morgan fingerprint density at radius 1 is 1.18 bits per heavy atom. The van der Waals surface area contributed by atoms with Gasteiger partial charge in [-0.15, -0.1) is 0 Å². The molecule has 170 valence electrons. The number of halogens is 1. The second-order valence-corrected chi connectivity index (χ2v) is 8.12. The number of hydrogen-bond donors (Lipinski definition) is 1. The Balaban J connectivity index is 1.73. The highest BCUT2D eigenvalue weighted by Crippen LogP contribution is 2.37. The monoisotopic (exact) mass is 466 g/mol. The van der Waals surface area contributed by atoms with Crippen LogP contribution < -0.4 is 9.47 Å². The fourth-order valence-electron chi connectivity index (χ4n) is 3.37. The van der Waals surface area contributed by atoms with Gasteiger partial charge >= 0.3 is 5.97 Å². The normalized spacial score (nSPS) is 12.0. The molecular weight excluding hydrogens is 444 g/mol. The third-order valence-corrected chi connectivity index (χ3v) is 5.41. The van der Waals surface area contributed by atoms with Crippen LogP contribution in [0, 0.1) is 6.92 Å². The lowest BCUT2D eigenvalue weighted by molar-refractivity contribution is -0.144. The van der Waals surface area contributed by atoms with Gasteiger partial charge in [0.25, 0.3) is 0 Å². The number of aromatic nitrogens is 2. The number of pyridine rings is 1. The minimum atomic E-state index is -1.09. The van der Waals surface area contributed by atoms with Crippen molar-refractivity contribution in [1.29, 1.82) is 0 Å². The highest BCUT2D eigenvalue weighted by molar-refractivity contribution is 6.32. The summed E-state index contributed by atoms with van der Waals surface area (Å²) < 4.78 is 16.9. The fraction of sp³-hybridized carbons (Fsp3) is 0.240. The molecule has 1 N–H and O–H groups in total. The average Bonchev–Trinajstić information content (AvgIpc) is 3.18. The molecule has 4 rings (SSSR count). The maximum atomic E-state index is 11.2. The molecule has 8 heteroatoms. The molecule has 7 nitrogen and oxygen atoms in total. The standard InChI is InChI=1S/C25H23ClN2O5/c1-4-5-20-17(10-11-23(27-20)32-16-8-6-14(2)7-9-16)24-18-12-22(31-15(3)25(29)30)19(26)13-21(18)33-28-24/h6-13,15H,4-5H2,1-3H3,(H,29,30)/t15-/m0/s1. The van der Waals surface area contributed by atoms with Crippen molar-refractivity contribution < 1.29 is 23.9 Å². The van der Waals surface area contributed by atoms with E-state index in [4.69, 9.17) is 35.7 Å². The molecule has 1 atom stereocenters. The molecule has 0 spiro atoms. The minimum absolute atomic E-state index is 0.243. The number of fused-ring (bicyclic) bond motifs is 1. The van der Waals surface area contributed by atoms with E-state index in [0.29, 0.717) is 34.7 Å². The first-order chi connectivity index (χ1) is 15.9. The van der Waals surface area contributed by atoms with Crippen molar-refractivity contribution in [2.24, 2.45) is 0 Å². The summed E-state index contributed by atoms with van der Waals surface area (Å²) in [5.41, 5.74) is 3.80. The third kappa shape index (κ3) is 4.93. The molecule has 2 heterocycles.